The van der Waals surface area contributed by atoms with Gasteiger partial charge in [-0.15, -0.1) is 0 Å². The Labute approximate surface area is 154 Å². The number of quaternary nitrogens is 2. The van der Waals surface area contributed by atoms with Crippen LogP contribution in [-0.4, -0.2) is 44.2 Å². The molecule has 0 unspecified atom stereocenters. The number of rotatable bonds is 5. The minimum Gasteiger partial charge on any atom is -0.333 e. The number of benzene rings is 1. The van der Waals surface area contributed by atoms with Crippen molar-refractivity contribution in [2.75, 3.05) is 32.7 Å². The Balaban J connectivity index is 1.42. The molecule has 0 radical (unpaired) electrons. The van der Waals surface area contributed by atoms with Crippen molar-refractivity contribution >= 4 is 17.5 Å². The molecule has 0 aromatic heterocycles. The van der Waals surface area contributed by atoms with Crippen molar-refractivity contribution < 1.29 is 14.6 Å². The Morgan fingerprint density at radius 1 is 1.12 bits per heavy atom. The summed E-state index contributed by atoms with van der Waals surface area (Å²) in [6, 6.07) is 10.4. The van der Waals surface area contributed by atoms with Gasteiger partial charge < -0.3 is 15.1 Å². The molecule has 5 nitrogen and oxygen atoms in total. The van der Waals surface area contributed by atoms with Crippen LogP contribution >= 0.6 is 11.6 Å². The van der Waals surface area contributed by atoms with E-state index in [1.165, 1.54) is 10.5 Å². The molecule has 3 rings (SSSR count). The van der Waals surface area contributed by atoms with E-state index in [2.05, 4.69) is 23.5 Å². The lowest BCUT2D eigenvalue weighted by Crippen LogP contribution is -3.28. The Kier molecular flexibility index (Phi) is 5.95. The number of nitriles is 1. The normalized spacial score (nSPS) is 25.3. The van der Waals surface area contributed by atoms with E-state index < -0.39 is 5.54 Å². The molecule has 0 atom stereocenters. The number of halogens is 1. The molecule has 6 heteroatoms. The number of nitrogens with zero attached hydrogens (tertiary/aromatic N) is 1. The van der Waals surface area contributed by atoms with Crippen molar-refractivity contribution in [2.45, 2.75) is 37.8 Å². The fraction of sp³-hybridized carbons (Fsp3) is 0.579. The summed E-state index contributed by atoms with van der Waals surface area (Å²) in [5, 5.41) is 13.2. The van der Waals surface area contributed by atoms with Crippen molar-refractivity contribution in [3.63, 3.8) is 0 Å². The van der Waals surface area contributed by atoms with Crippen LogP contribution in [0.1, 0.15) is 31.2 Å². The minimum absolute atomic E-state index is 0.0274. The van der Waals surface area contributed by atoms with Gasteiger partial charge in [-0.25, -0.2) is 0 Å². The lowest BCUT2D eigenvalue weighted by Gasteiger charge is -2.30. The molecular formula is C19H27ClN4O+2. The van der Waals surface area contributed by atoms with E-state index in [9.17, 15) is 10.1 Å². The molecule has 1 saturated heterocycles. The van der Waals surface area contributed by atoms with Gasteiger partial charge in [0.05, 0.1) is 6.07 Å². The summed E-state index contributed by atoms with van der Waals surface area (Å²) < 4.78 is 0. The Morgan fingerprint density at radius 2 is 1.72 bits per heavy atom. The molecule has 0 spiro atoms. The average Bonchev–Trinajstić information content (AvgIpc) is 3.07. The highest BCUT2D eigenvalue weighted by atomic mass is 35.5. The quantitative estimate of drug-likeness (QED) is 0.666. The summed E-state index contributed by atoms with van der Waals surface area (Å²) in [5.74, 6) is 0.0274. The predicted molar refractivity (Wildman–Crippen MR) is 96.4 cm³/mol. The van der Waals surface area contributed by atoms with E-state index in [0.29, 0.717) is 6.54 Å². The third-order valence-electron chi connectivity index (χ3n) is 5.49. The third-order valence-corrected chi connectivity index (χ3v) is 5.74. The van der Waals surface area contributed by atoms with Crippen molar-refractivity contribution in [1.82, 2.24) is 5.32 Å². The minimum atomic E-state index is -0.599. The first-order chi connectivity index (χ1) is 12.1. The van der Waals surface area contributed by atoms with Crippen LogP contribution in [0.3, 0.4) is 0 Å². The SMILES string of the molecule is N#CC1(NC(=O)C[NH+]2CC[NH+](Cc3ccc(Cl)cc3)CC2)CCCC1. The zero-order valence-corrected chi connectivity index (χ0v) is 15.4. The summed E-state index contributed by atoms with van der Waals surface area (Å²) in [6.45, 7) is 5.61. The zero-order valence-electron chi connectivity index (χ0n) is 14.6. The summed E-state index contributed by atoms with van der Waals surface area (Å²) >= 11 is 5.93. The summed E-state index contributed by atoms with van der Waals surface area (Å²) in [4.78, 5) is 15.2. The van der Waals surface area contributed by atoms with E-state index in [4.69, 9.17) is 11.6 Å². The molecule has 3 N–H and O–H groups in total. The maximum Gasteiger partial charge on any atom is 0.276 e. The summed E-state index contributed by atoms with van der Waals surface area (Å²) in [5.41, 5.74) is 0.704. The Hall–Kier alpha value is -1.61. The molecular weight excluding hydrogens is 336 g/mol. The van der Waals surface area contributed by atoms with E-state index in [-0.39, 0.29) is 5.91 Å². The molecule has 1 aromatic carbocycles. The molecule has 2 fully saturated rings. The molecule has 1 aliphatic heterocycles. The number of piperazine rings is 1. The number of nitrogens with one attached hydrogen (secondary N) is 3. The standard InChI is InChI=1S/C19H25ClN4O/c20-17-5-3-16(4-6-17)13-23-9-11-24(12-10-23)14-18(25)22-19(15-21)7-1-2-8-19/h3-6H,1-2,7-14H2,(H,22,25)/p+2. The van der Waals surface area contributed by atoms with Gasteiger partial charge in [-0.2, -0.15) is 5.26 Å². The van der Waals surface area contributed by atoms with Crippen molar-refractivity contribution in [1.29, 1.82) is 5.26 Å². The van der Waals surface area contributed by atoms with Gasteiger partial charge in [0.2, 0.25) is 0 Å². The van der Waals surface area contributed by atoms with Crippen LogP contribution in [0.15, 0.2) is 24.3 Å². The Morgan fingerprint density at radius 3 is 2.32 bits per heavy atom. The average molecular weight is 363 g/mol. The van der Waals surface area contributed by atoms with Crippen LogP contribution in [0, 0.1) is 11.3 Å². The molecule has 1 heterocycles. The fourth-order valence-electron chi connectivity index (χ4n) is 3.98. The van der Waals surface area contributed by atoms with Gasteiger partial charge in [0, 0.05) is 10.6 Å². The second-order valence-electron chi connectivity index (χ2n) is 7.43. The van der Waals surface area contributed by atoms with Gasteiger partial charge in [0.15, 0.2) is 6.54 Å². The first kappa shape index (κ1) is 18.2. The lowest BCUT2D eigenvalue weighted by atomic mass is 10.00. The first-order valence-corrected chi connectivity index (χ1v) is 9.60. The van der Waals surface area contributed by atoms with Crippen LogP contribution in [0.2, 0.25) is 5.02 Å². The number of amides is 1. The van der Waals surface area contributed by atoms with E-state index >= 15 is 0 Å². The molecule has 25 heavy (non-hydrogen) atoms. The van der Waals surface area contributed by atoms with Gasteiger partial charge >= 0.3 is 0 Å². The highest BCUT2D eigenvalue weighted by Crippen LogP contribution is 2.28. The van der Waals surface area contributed by atoms with Gasteiger partial charge in [0.25, 0.3) is 5.91 Å². The monoisotopic (exact) mass is 362 g/mol. The molecule has 2 aliphatic rings. The topological polar surface area (TPSA) is 61.8 Å². The summed E-state index contributed by atoms with van der Waals surface area (Å²) in [6.07, 6.45) is 3.66. The van der Waals surface area contributed by atoms with Crippen LogP contribution in [0.25, 0.3) is 0 Å². The van der Waals surface area contributed by atoms with Gasteiger partial charge in [-0.1, -0.05) is 23.7 Å². The summed E-state index contributed by atoms with van der Waals surface area (Å²) in [7, 11) is 0. The maximum atomic E-state index is 12.3. The molecule has 1 amide bonds. The molecule has 0 bridgehead atoms. The van der Waals surface area contributed by atoms with Crippen molar-refractivity contribution in [3.8, 4) is 6.07 Å². The van der Waals surface area contributed by atoms with E-state index in [0.717, 1.165) is 63.4 Å². The van der Waals surface area contributed by atoms with Crippen LogP contribution in [0.4, 0.5) is 0 Å². The largest absolute Gasteiger partial charge is 0.333 e. The van der Waals surface area contributed by atoms with Crippen LogP contribution in [0.5, 0.6) is 0 Å². The number of hydrogen-bond donors (Lipinski definition) is 3. The number of carbonyl (C=O) groups excluding carboxylic acids is 1. The number of hydrogen-bond acceptors (Lipinski definition) is 2. The number of carbonyl (C=O) groups is 1. The Bertz CT molecular complexity index is 626. The highest BCUT2D eigenvalue weighted by Gasteiger charge is 2.36. The van der Waals surface area contributed by atoms with Crippen molar-refractivity contribution in [2.24, 2.45) is 0 Å². The fourth-order valence-corrected chi connectivity index (χ4v) is 4.11. The van der Waals surface area contributed by atoms with Crippen LogP contribution in [-0.2, 0) is 11.3 Å². The molecule has 1 saturated carbocycles. The van der Waals surface area contributed by atoms with E-state index in [1.54, 1.807) is 4.90 Å². The molecule has 1 aromatic rings. The lowest BCUT2D eigenvalue weighted by molar-refractivity contribution is -1.02. The highest BCUT2D eigenvalue weighted by molar-refractivity contribution is 6.30. The molecule has 1 aliphatic carbocycles. The van der Waals surface area contributed by atoms with Crippen LogP contribution < -0.4 is 15.1 Å². The second kappa shape index (κ2) is 8.18. The zero-order chi connectivity index (χ0) is 17.7. The van der Waals surface area contributed by atoms with E-state index in [1.807, 2.05) is 12.1 Å². The smallest absolute Gasteiger partial charge is 0.276 e. The van der Waals surface area contributed by atoms with Gasteiger partial charge in [-0.3, -0.25) is 4.79 Å². The molecule has 134 valence electrons. The van der Waals surface area contributed by atoms with Gasteiger partial charge in [0.1, 0.15) is 38.3 Å². The third kappa shape index (κ3) is 4.94. The van der Waals surface area contributed by atoms with Crippen molar-refractivity contribution in [3.05, 3.63) is 34.9 Å². The second-order valence-corrected chi connectivity index (χ2v) is 7.87. The predicted octanol–water partition coefficient (Wildman–Crippen LogP) is -0.424. The first-order valence-electron chi connectivity index (χ1n) is 9.22. The van der Waals surface area contributed by atoms with Gasteiger partial charge in [-0.05, 0) is 37.8 Å². The maximum absolute atomic E-state index is 12.3.